The zero-order chi connectivity index (χ0) is 19.4. The molecule has 3 rings (SSSR count). The van der Waals surface area contributed by atoms with Gasteiger partial charge in [0, 0.05) is 13.0 Å². The number of aromatic nitrogens is 3. The molecule has 0 unspecified atom stereocenters. The second kappa shape index (κ2) is 9.75. The van der Waals surface area contributed by atoms with Crippen LogP contribution in [0.3, 0.4) is 0 Å². The van der Waals surface area contributed by atoms with Gasteiger partial charge in [-0.2, -0.15) is 5.10 Å². The first-order valence-corrected chi connectivity index (χ1v) is 9.17. The van der Waals surface area contributed by atoms with Crippen molar-refractivity contribution in [2.75, 3.05) is 20.8 Å². The third kappa shape index (κ3) is 5.59. The van der Waals surface area contributed by atoms with Crippen molar-refractivity contribution in [2.24, 2.45) is 11.7 Å². The standard InChI is InChI=1S/C19H27N5O3.ClH/c1-12(20)19-22-17(9-14-6-7-15(26-2)16(8-14)27-3)23-24(19)11-18(25)21-10-13-4-5-13;/h6-8,12-13H,4-5,9-11,20H2,1-3H3,(H,21,25);1H/t12-;/m1./s1. The molecule has 0 bridgehead atoms. The quantitative estimate of drug-likeness (QED) is 0.655. The smallest absolute Gasteiger partial charge is 0.241 e. The van der Waals surface area contributed by atoms with E-state index in [1.165, 1.54) is 12.8 Å². The molecule has 154 valence electrons. The maximum Gasteiger partial charge on any atom is 0.241 e. The molecule has 0 spiro atoms. The van der Waals surface area contributed by atoms with E-state index in [0.29, 0.717) is 35.5 Å². The number of nitrogens with one attached hydrogen (secondary N) is 1. The second-order valence-corrected chi connectivity index (χ2v) is 6.95. The SMILES string of the molecule is COc1ccc(Cc2nc([C@@H](C)N)n(CC(=O)NCC3CC3)n2)cc1OC.Cl. The van der Waals surface area contributed by atoms with E-state index >= 15 is 0 Å². The van der Waals surface area contributed by atoms with Gasteiger partial charge in [-0.25, -0.2) is 9.67 Å². The predicted octanol–water partition coefficient (Wildman–Crippen LogP) is 1.85. The Balaban J connectivity index is 0.00000280. The van der Waals surface area contributed by atoms with Crippen LogP contribution in [0.15, 0.2) is 18.2 Å². The Labute approximate surface area is 171 Å². The van der Waals surface area contributed by atoms with E-state index in [4.69, 9.17) is 15.2 Å². The molecule has 9 heteroatoms. The summed E-state index contributed by atoms with van der Waals surface area (Å²) in [6.45, 7) is 2.70. The fraction of sp³-hybridized carbons (Fsp3) is 0.526. The van der Waals surface area contributed by atoms with Crippen LogP contribution in [0.5, 0.6) is 11.5 Å². The number of nitrogens with two attached hydrogens (primary N) is 1. The van der Waals surface area contributed by atoms with Gasteiger partial charge < -0.3 is 20.5 Å². The Morgan fingerprint density at radius 1 is 1.32 bits per heavy atom. The minimum atomic E-state index is -0.312. The number of ether oxygens (including phenoxy) is 2. The van der Waals surface area contributed by atoms with E-state index in [-0.39, 0.29) is 30.9 Å². The van der Waals surface area contributed by atoms with E-state index in [1.54, 1.807) is 18.9 Å². The van der Waals surface area contributed by atoms with Gasteiger partial charge in [0.15, 0.2) is 17.3 Å². The van der Waals surface area contributed by atoms with Crippen molar-refractivity contribution in [1.29, 1.82) is 0 Å². The van der Waals surface area contributed by atoms with Crippen molar-refractivity contribution in [1.82, 2.24) is 20.1 Å². The van der Waals surface area contributed by atoms with Gasteiger partial charge in [0.1, 0.15) is 12.4 Å². The molecule has 0 radical (unpaired) electrons. The first kappa shape index (κ1) is 22.0. The lowest BCUT2D eigenvalue weighted by molar-refractivity contribution is -0.121. The van der Waals surface area contributed by atoms with Crippen molar-refractivity contribution in [3.8, 4) is 11.5 Å². The van der Waals surface area contributed by atoms with Crippen LogP contribution in [0.25, 0.3) is 0 Å². The Bertz CT molecular complexity index is 805. The van der Waals surface area contributed by atoms with Crippen LogP contribution in [0, 0.1) is 5.92 Å². The first-order valence-electron chi connectivity index (χ1n) is 9.17. The number of carbonyl (C=O) groups is 1. The van der Waals surface area contributed by atoms with Crippen LogP contribution in [0.2, 0.25) is 0 Å². The number of carbonyl (C=O) groups excluding carboxylic acids is 1. The van der Waals surface area contributed by atoms with Crippen molar-refractivity contribution in [3.05, 3.63) is 35.4 Å². The maximum absolute atomic E-state index is 12.2. The van der Waals surface area contributed by atoms with E-state index in [0.717, 1.165) is 12.1 Å². The third-order valence-corrected chi connectivity index (χ3v) is 4.54. The molecule has 28 heavy (non-hydrogen) atoms. The first-order chi connectivity index (χ1) is 13.0. The zero-order valence-electron chi connectivity index (χ0n) is 16.5. The van der Waals surface area contributed by atoms with Crippen molar-refractivity contribution >= 4 is 18.3 Å². The summed E-state index contributed by atoms with van der Waals surface area (Å²) in [5.74, 6) is 3.12. The highest BCUT2D eigenvalue weighted by Crippen LogP contribution is 2.28. The lowest BCUT2D eigenvalue weighted by atomic mass is 10.1. The Hall–Kier alpha value is -2.32. The molecule has 1 aromatic carbocycles. The summed E-state index contributed by atoms with van der Waals surface area (Å²) in [6.07, 6.45) is 2.91. The third-order valence-electron chi connectivity index (χ3n) is 4.54. The average molecular weight is 410 g/mol. The van der Waals surface area contributed by atoms with Gasteiger partial charge in [-0.3, -0.25) is 4.79 Å². The highest BCUT2D eigenvalue weighted by Gasteiger charge is 2.22. The number of rotatable bonds is 9. The number of nitrogens with zero attached hydrogens (tertiary/aromatic N) is 3. The fourth-order valence-electron chi connectivity index (χ4n) is 2.88. The van der Waals surface area contributed by atoms with Gasteiger partial charge in [-0.05, 0) is 43.4 Å². The van der Waals surface area contributed by atoms with Crippen LogP contribution >= 0.6 is 12.4 Å². The largest absolute Gasteiger partial charge is 0.493 e. The van der Waals surface area contributed by atoms with E-state index in [9.17, 15) is 4.79 Å². The van der Waals surface area contributed by atoms with Crippen molar-refractivity contribution < 1.29 is 14.3 Å². The molecule has 0 saturated heterocycles. The second-order valence-electron chi connectivity index (χ2n) is 6.95. The molecule has 1 atom stereocenters. The number of hydrogen-bond donors (Lipinski definition) is 2. The molecule has 1 amide bonds. The monoisotopic (exact) mass is 409 g/mol. The lowest BCUT2D eigenvalue weighted by Crippen LogP contribution is -2.31. The molecule has 1 aromatic heterocycles. The molecule has 1 fully saturated rings. The van der Waals surface area contributed by atoms with Crippen LogP contribution in [0.4, 0.5) is 0 Å². The molecular formula is C19H28ClN5O3. The topological polar surface area (TPSA) is 104 Å². The van der Waals surface area contributed by atoms with Gasteiger partial charge >= 0.3 is 0 Å². The van der Waals surface area contributed by atoms with E-state index in [2.05, 4.69) is 15.4 Å². The molecular weight excluding hydrogens is 382 g/mol. The molecule has 0 aliphatic heterocycles. The fourth-order valence-corrected chi connectivity index (χ4v) is 2.88. The average Bonchev–Trinajstić information content (AvgIpc) is 3.40. The predicted molar refractivity (Wildman–Crippen MR) is 108 cm³/mol. The number of hydrogen-bond acceptors (Lipinski definition) is 6. The summed E-state index contributed by atoms with van der Waals surface area (Å²) in [4.78, 5) is 16.7. The van der Waals surface area contributed by atoms with E-state index < -0.39 is 0 Å². The van der Waals surface area contributed by atoms with E-state index in [1.807, 2.05) is 25.1 Å². The molecule has 1 heterocycles. The molecule has 1 aliphatic carbocycles. The summed E-state index contributed by atoms with van der Waals surface area (Å²) < 4.78 is 12.2. The van der Waals surface area contributed by atoms with Crippen LogP contribution in [-0.4, -0.2) is 41.4 Å². The molecule has 8 nitrogen and oxygen atoms in total. The lowest BCUT2D eigenvalue weighted by Gasteiger charge is -2.08. The van der Waals surface area contributed by atoms with Crippen LogP contribution in [-0.2, 0) is 17.8 Å². The Morgan fingerprint density at radius 3 is 2.64 bits per heavy atom. The summed E-state index contributed by atoms with van der Waals surface area (Å²) >= 11 is 0. The van der Waals surface area contributed by atoms with Gasteiger partial charge in [-0.15, -0.1) is 12.4 Å². The molecule has 3 N–H and O–H groups in total. The molecule has 1 aliphatic rings. The Morgan fingerprint density at radius 2 is 2.04 bits per heavy atom. The molecule has 2 aromatic rings. The van der Waals surface area contributed by atoms with Crippen LogP contribution in [0.1, 0.15) is 43.0 Å². The Kier molecular flexibility index (Phi) is 7.65. The highest BCUT2D eigenvalue weighted by molar-refractivity contribution is 5.85. The van der Waals surface area contributed by atoms with Gasteiger partial charge in [0.25, 0.3) is 0 Å². The van der Waals surface area contributed by atoms with Crippen molar-refractivity contribution in [3.63, 3.8) is 0 Å². The highest BCUT2D eigenvalue weighted by atomic mass is 35.5. The summed E-state index contributed by atoms with van der Waals surface area (Å²) in [5.41, 5.74) is 7.01. The number of methoxy groups -OCH3 is 2. The zero-order valence-corrected chi connectivity index (χ0v) is 17.3. The number of benzene rings is 1. The maximum atomic E-state index is 12.2. The number of amides is 1. The summed E-state index contributed by atoms with van der Waals surface area (Å²) in [5, 5.41) is 7.45. The normalized spacial score (nSPS) is 14.1. The minimum absolute atomic E-state index is 0. The van der Waals surface area contributed by atoms with Gasteiger partial charge in [-0.1, -0.05) is 6.07 Å². The molecule has 1 saturated carbocycles. The van der Waals surface area contributed by atoms with Crippen molar-refractivity contribution in [2.45, 2.75) is 38.8 Å². The van der Waals surface area contributed by atoms with Gasteiger partial charge in [0.05, 0.1) is 20.3 Å². The van der Waals surface area contributed by atoms with Gasteiger partial charge in [0.2, 0.25) is 5.91 Å². The van der Waals surface area contributed by atoms with Crippen LogP contribution < -0.4 is 20.5 Å². The summed E-state index contributed by atoms with van der Waals surface area (Å²) in [7, 11) is 3.20. The number of halogens is 1. The summed E-state index contributed by atoms with van der Waals surface area (Å²) in [6, 6.07) is 5.37. The minimum Gasteiger partial charge on any atom is -0.493 e.